The van der Waals surface area contributed by atoms with Crippen LogP contribution in [0.4, 0.5) is 5.82 Å². The van der Waals surface area contributed by atoms with E-state index in [-0.39, 0.29) is 0 Å². The summed E-state index contributed by atoms with van der Waals surface area (Å²) < 4.78 is 0.340. The molecule has 0 aromatic carbocycles. The van der Waals surface area contributed by atoms with Gasteiger partial charge in [0.2, 0.25) is 0 Å². The number of nitrogens with zero attached hydrogens (tertiary/aromatic N) is 3. The van der Waals surface area contributed by atoms with Crippen molar-refractivity contribution in [1.29, 1.82) is 0 Å². The van der Waals surface area contributed by atoms with Crippen LogP contribution in [0.15, 0.2) is 23.3 Å². The van der Waals surface area contributed by atoms with Gasteiger partial charge in [-0.05, 0) is 55.9 Å². The molecule has 26 heavy (non-hydrogen) atoms. The number of aliphatic imine (C=N–C) groups is 1. The van der Waals surface area contributed by atoms with Crippen LogP contribution in [0.3, 0.4) is 0 Å². The zero-order valence-electron chi connectivity index (χ0n) is 16.4. The lowest BCUT2D eigenvalue weighted by atomic mass is 9.99. The number of rotatable bonds is 5. The Morgan fingerprint density at radius 1 is 1.35 bits per heavy atom. The van der Waals surface area contributed by atoms with Crippen LogP contribution < -0.4 is 15.5 Å². The zero-order valence-corrected chi connectivity index (χ0v) is 17.2. The van der Waals surface area contributed by atoms with Gasteiger partial charge in [-0.3, -0.25) is 4.99 Å². The van der Waals surface area contributed by atoms with Crippen molar-refractivity contribution in [1.82, 2.24) is 15.6 Å². The molecule has 0 radical (unpaired) electrons. The van der Waals surface area contributed by atoms with Crippen molar-refractivity contribution in [3.05, 3.63) is 23.9 Å². The van der Waals surface area contributed by atoms with Crippen LogP contribution in [-0.2, 0) is 6.54 Å². The topological polar surface area (TPSA) is 52.6 Å². The van der Waals surface area contributed by atoms with Crippen LogP contribution in [0.2, 0.25) is 0 Å². The van der Waals surface area contributed by atoms with Crippen LogP contribution in [0.1, 0.15) is 45.1 Å². The van der Waals surface area contributed by atoms with E-state index < -0.39 is 0 Å². The van der Waals surface area contributed by atoms with Crippen LogP contribution in [0.25, 0.3) is 0 Å². The maximum atomic E-state index is 4.67. The Balaban J connectivity index is 1.46. The summed E-state index contributed by atoms with van der Waals surface area (Å²) in [6, 6.07) is 4.33. The maximum Gasteiger partial charge on any atom is 0.191 e. The van der Waals surface area contributed by atoms with E-state index in [1.165, 1.54) is 37.0 Å². The molecule has 6 heteroatoms. The normalized spacial score (nSPS) is 24.7. The number of aromatic nitrogens is 1. The fourth-order valence-electron chi connectivity index (χ4n) is 3.60. The van der Waals surface area contributed by atoms with E-state index in [1.54, 1.807) is 0 Å². The Bertz CT molecular complexity index is 587. The minimum atomic E-state index is 0.340. The second-order valence-corrected chi connectivity index (χ2v) is 9.56. The molecule has 3 heterocycles. The van der Waals surface area contributed by atoms with Gasteiger partial charge in [0.15, 0.2) is 5.96 Å². The lowest BCUT2D eigenvalue weighted by Crippen LogP contribution is -2.43. The van der Waals surface area contributed by atoms with E-state index in [0.29, 0.717) is 4.75 Å². The number of thioether (sulfide) groups is 1. The Morgan fingerprint density at radius 3 is 2.77 bits per heavy atom. The molecule has 0 aliphatic carbocycles. The van der Waals surface area contributed by atoms with Gasteiger partial charge in [-0.25, -0.2) is 4.98 Å². The fraction of sp³-hybridized carbons (Fsp3) is 0.700. The SMILES string of the molecule is CN=C(NCc1ccc(N2CCC(C)CC2)nc1)NCC1(C)CCCS1. The van der Waals surface area contributed by atoms with Crippen molar-refractivity contribution in [2.24, 2.45) is 10.9 Å². The summed E-state index contributed by atoms with van der Waals surface area (Å²) in [6.07, 6.45) is 7.13. The highest BCUT2D eigenvalue weighted by atomic mass is 32.2. The number of anilines is 1. The minimum absolute atomic E-state index is 0.340. The summed E-state index contributed by atoms with van der Waals surface area (Å²) in [5.74, 6) is 4.10. The Labute approximate surface area is 162 Å². The summed E-state index contributed by atoms with van der Waals surface area (Å²) in [4.78, 5) is 11.4. The van der Waals surface area contributed by atoms with E-state index in [0.717, 1.165) is 43.9 Å². The molecule has 1 atom stereocenters. The minimum Gasteiger partial charge on any atom is -0.357 e. The molecule has 2 aliphatic heterocycles. The average Bonchev–Trinajstić information content (AvgIpc) is 3.10. The Hall–Kier alpha value is -1.43. The second kappa shape index (κ2) is 8.98. The molecule has 0 amide bonds. The molecule has 1 aromatic heterocycles. The first-order valence-corrected chi connectivity index (χ1v) is 10.8. The van der Waals surface area contributed by atoms with Gasteiger partial charge in [0.25, 0.3) is 0 Å². The first-order chi connectivity index (χ1) is 12.6. The van der Waals surface area contributed by atoms with Crippen LogP contribution in [0.5, 0.6) is 0 Å². The molecule has 1 unspecified atom stereocenters. The number of hydrogen-bond donors (Lipinski definition) is 2. The first kappa shape index (κ1) is 19.3. The number of nitrogens with one attached hydrogen (secondary N) is 2. The van der Waals surface area contributed by atoms with Gasteiger partial charge in [-0.2, -0.15) is 11.8 Å². The van der Waals surface area contributed by atoms with Crippen molar-refractivity contribution in [3.63, 3.8) is 0 Å². The van der Waals surface area contributed by atoms with Crippen molar-refractivity contribution in [3.8, 4) is 0 Å². The largest absolute Gasteiger partial charge is 0.357 e. The molecule has 0 saturated carbocycles. The van der Waals surface area contributed by atoms with E-state index in [1.807, 2.05) is 13.2 Å². The molecule has 3 rings (SSSR count). The van der Waals surface area contributed by atoms with E-state index in [9.17, 15) is 0 Å². The molecule has 2 saturated heterocycles. The smallest absolute Gasteiger partial charge is 0.191 e. The number of guanidine groups is 1. The van der Waals surface area contributed by atoms with Crippen molar-refractivity contribution < 1.29 is 0 Å². The van der Waals surface area contributed by atoms with Crippen molar-refractivity contribution in [2.45, 2.75) is 50.8 Å². The summed E-state index contributed by atoms with van der Waals surface area (Å²) >= 11 is 2.07. The monoisotopic (exact) mass is 375 g/mol. The van der Waals surface area contributed by atoms with Crippen molar-refractivity contribution in [2.75, 3.05) is 37.3 Å². The first-order valence-electron chi connectivity index (χ1n) is 9.86. The Kier molecular flexibility index (Phi) is 6.68. The third-order valence-electron chi connectivity index (χ3n) is 5.53. The van der Waals surface area contributed by atoms with Gasteiger partial charge in [-0.1, -0.05) is 13.0 Å². The Morgan fingerprint density at radius 2 is 2.15 bits per heavy atom. The summed E-state index contributed by atoms with van der Waals surface area (Å²) in [5, 5.41) is 6.89. The highest BCUT2D eigenvalue weighted by Gasteiger charge is 2.29. The number of piperidine rings is 1. The van der Waals surface area contributed by atoms with E-state index in [4.69, 9.17) is 0 Å². The van der Waals surface area contributed by atoms with Gasteiger partial charge < -0.3 is 15.5 Å². The quantitative estimate of drug-likeness (QED) is 0.611. The van der Waals surface area contributed by atoms with Gasteiger partial charge in [0.05, 0.1) is 0 Å². The standard InChI is InChI=1S/C20H33N5S/c1-16-7-10-25(11-8-16)18-6-5-17(13-22-18)14-23-19(21-3)24-15-20(2)9-4-12-26-20/h5-6,13,16H,4,7-12,14-15H2,1-3H3,(H2,21,23,24). The molecule has 0 bridgehead atoms. The van der Waals surface area contributed by atoms with Crippen molar-refractivity contribution >= 4 is 23.5 Å². The highest BCUT2D eigenvalue weighted by Crippen LogP contribution is 2.36. The molecular weight excluding hydrogens is 342 g/mol. The lowest BCUT2D eigenvalue weighted by molar-refractivity contribution is 0.436. The van der Waals surface area contributed by atoms with Gasteiger partial charge >= 0.3 is 0 Å². The van der Waals surface area contributed by atoms with E-state index >= 15 is 0 Å². The molecule has 2 fully saturated rings. The lowest BCUT2D eigenvalue weighted by Gasteiger charge is -2.31. The predicted molar refractivity (Wildman–Crippen MR) is 113 cm³/mol. The number of pyridine rings is 1. The third-order valence-corrected chi connectivity index (χ3v) is 7.07. The van der Waals surface area contributed by atoms with Crippen LogP contribution in [-0.4, -0.2) is 48.1 Å². The maximum absolute atomic E-state index is 4.67. The zero-order chi connectivity index (χ0) is 18.4. The third kappa shape index (κ3) is 5.29. The molecule has 2 aliphatic rings. The van der Waals surface area contributed by atoms with Gasteiger partial charge in [-0.15, -0.1) is 0 Å². The molecule has 1 aromatic rings. The van der Waals surface area contributed by atoms with E-state index in [2.05, 4.69) is 63.3 Å². The molecular formula is C20H33N5S. The predicted octanol–water partition coefficient (Wildman–Crippen LogP) is 3.27. The molecule has 5 nitrogen and oxygen atoms in total. The average molecular weight is 376 g/mol. The second-order valence-electron chi connectivity index (χ2n) is 7.88. The molecule has 0 spiro atoms. The van der Waals surface area contributed by atoms with Crippen LogP contribution in [0, 0.1) is 5.92 Å². The molecule has 2 N–H and O–H groups in total. The molecule has 144 valence electrons. The van der Waals surface area contributed by atoms with Gasteiger partial charge in [0.1, 0.15) is 5.82 Å². The number of hydrogen-bond acceptors (Lipinski definition) is 4. The van der Waals surface area contributed by atoms with Gasteiger partial charge in [0, 0.05) is 44.2 Å². The summed E-state index contributed by atoms with van der Waals surface area (Å²) in [6.45, 7) is 8.63. The fourth-order valence-corrected chi connectivity index (χ4v) is 4.84. The van der Waals surface area contributed by atoms with Crippen LogP contribution >= 0.6 is 11.8 Å². The highest BCUT2D eigenvalue weighted by molar-refractivity contribution is 8.00. The summed E-state index contributed by atoms with van der Waals surface area (Å²) in [5.41, 5.74) is 1.18. The summed E-state index contributed by atoms with van der Waals surface area (Å²) in [7, 11) is 1.83.